The van der Waals surface area contributed by atoms with Crippen LogP contribution in [-0.4, -0.2) is 25.0 Å². The molecule has 0 radical (unpaired) electrons. The molecule has 0 aliphatic carbocycles. The number of rotatable bonds is 6. The van der Waals surface area contributed by atoms with Crippen molar-refractivity contribution < 1.29 is 19.0 Å². The molecule has 1 aromatic rings. The second-order valence-electron chi connectivity index (χ2n) is 4.05. The first kappa shape index (κ1) is 12.6. The molecule has 0 spiro atoms. The molecule has 96 valence electrons. The molecule has 0 amide bonds. The fourth-order valence-electron chi connectivity index (χ4n) is 1.79. The molecule has 4 heteroatoms. The first-order valence-electron chi connectivity index (χ1n) is 5.91. The normalized spacial score (nSPS) is 22.3. The molecular formula is C14H16O4. The first-order chi connectivity index (χ1) is 8.79. The smallest absolute Gasteiger partial charge is 0.427 e. The first-order valence-corrected chi connectivity index (χ1v) is 5.91. The molecular weight excluding hydrogens is 232 g/mol. The zero-order valence-corrected chi connectivity index (χ0v) is 10.1. The van der Waals surface area contributed by atoms with Crippen molar-refractivity contribution >= 4 is 6.16 Å². The fourth-order valence-corrected chi connectivity index (χ4v) is 1.79. The Balaban J connectivity index is 1.69. The van der Waals surface area contributed by atoms with Gasteiger partial charge >= 0.3 is 6.16 Å². The number of carbonyl (C=O) groups is 1. The van der Waals surface area contributed by atoms with Gasteiger partial charge in [0.1, 0.15) is 6.10 Å². The number of cyclic esters (lactones) is 2. The summed E-state index contributed by atoms with van der Waals surface area (Å²) >= 11 is 0. The lowest BCUT2D eigenvalue weighted by atomic mass is 10.1. The third-order valence-corrected chi connectivity index (χ3v) is 2.74. The van der Waals surface area contributed by atoms with Gasteiger partial charge in [0.25, 0.3) is 0 Å². The molecule has 1 saturated heterocycles. The minimum Gasteiger partial charge on any atom is -0.427 e. The van der Waals surface area contributed by atoms with Crippen LogP contribution in [0.2, 0.25) is 0 Å². The number of benzene rings is 1. The highest BCUT2D eigenvalue weighted by atomic mass is 16.8. The summed E-state index contributed by atoms with van der Waals surface area (Å²) in [5.74, 6) is 0. The predicted molar refractivity (Wildman–Crippen MR) is 66.1 cm³/mol. The van der Waals surface area contributed by atoms with Gasteiger partial charge in [-0.3, -0.25) is 0 Å². The van der Waals surface area contributed by atoms with Crippen LogP contribution in [0.3, 0.4) is 0 Å². The van der Waals surface area contributed by atoms with Crippen molar-refractivity contribution in [3.63, 3.8) is 0 Å². The number of ether oxygens (including phenoxy) is 3. The molecule has 0 N–H and O–H groups in total. The molecule has 0 saturated carbocycles. The van der Waals surface area contributed by atoms with Crippen LogP contribution < -0.4 is 0 Å². The van der Waals surface area contributed by atoms with E-state index < -0.39 is 6.16 Å². The lowest BCUT2D eigenvalue weighted by Crippen LogP contribution is -2.21. The van der Waals surface area contributed by atoms with E-state index in [1.165, 1.54) is 0 Å². The topological polar surface area (TPSA) is 44.8 Å². The molecule has 1 fully saturated rings. The van der Waals surface area contributed by atoms with Crippen LogP contribution in [0.1, 0.15) is 12.0 Å². The molecule has 4 nitrogen and oxygen atoms in total. The Hall–Kier alpha value is -1.81. The van der Waals surface area contributed by atoms with Gasteiger partial charge in [0.2, 0.25) is 0 Å². The molecule has 18 heavy (non-hydrogen) atoms. The Kier molecular flexibility index (Phi) is 4.36. The van der Waals surface area contributed by atoms with Crippen molar-refractivity contribution in [3.8, 4) is 0 Å². The maximum Gasteiger partial charge on any atom is 0.509 e. The Bertz CT molecular complexity index is 402. The summed E-state index contributed by atoms with van der Waals surface area (Å²) in [5, 5.41) is 0. The maximum atomic E-state index is 10.9. The van der Waals surface area contributed by atoms with Crippen molar-refractivity contribution in [2.45, 2.75) is 25.2 Å². The average molecular weight is 248 g/mol. The van der Waals surface area contributed by atoms with Gasteiger partial charge in [0, 0.05) is 6.42 Å². The van der Waals surface area contributed by atoms with Gasteiger partial charge in [-0.15, -0.1) is 0 Å². The molecule has 2 unspecified atom stereocenters. The van der Waals surface area contributed by atoms with E-state index in [-0.39, 0.29) is 12.2 Å². The molecule has 0 aromatic heterocycles. The van der Waals surface area contributed by atoms with E-state index in [1.54, 1.807) is 6.08 Å². The van der Waals surface area contributed by atoms with Crippen molar-refractivity contribution in [2.24, 2.45) is 0 Å². The minimum atomic E-state index is -0.632. The second kappa shape index (κ2) is 6.21. The Labute approximate surface area is 106 Å². The summed E-state index contributed by atoms with van der Waals surface area (Å²) in [7, 11) is 0. The Morgan fingerprint density at radius 2 is 2.06 bits per heavy atom. The van der Waals surface area contributed by atoms with Crippen LogP contribution in [0, 0.1) is 0 Å². The summed E-state index contributed by atoms with van der Waals surface area (Å²) in [6.07, 6.45) is 0.902. The molecule has 2 rings (SSSR count). The zero-order chi connectivity index (χ0) is 12.8. The maximum absolute atomic E-state index is 10.9. The number of carbonyl (C=O) groups excluding carboxylic acids is 1. The predicted octanol–water partition coefficient (Wildman–Crippen LogP) is 2.68. The van der Waals surface area contributed by atoms with E-state index in [0.717, 1.165) is 5.56 Å². The lowest BCUT2D eigenvalue weighted by Gasteiger charge is -2.11. The number of hydrogen-bond acceptors (Lipinski definition) is 4. The fraction of sp³-hybridized carbons (Fsp3) is 0.357. The van der Waals surface area contributed by atoms with Crippen molar-refractivity contribution in [3.05, 3.63) is 48.6 Å². The molecule has 1 heterocycles. The van der Waals surface area contributed by atoms with Crippen LogP contribution in [-0.2, 0) is 20.8 Å². The van der Waals surface area contributed by atoms with Crippen LogP contribution >= 0.6 is 0 Å². The summed E-state index contributed by atoms with van der Waals surface area (Å²) in [5.41, 5.74) is 1.12. The SMILES string of the molecule is C=CC1OC(=O)OC1CCOCc1ccccc1. The quantitative estimate of drug-likeness (QED) is 0.441. The van der Waals surface area contributed by atoms with Gasteiger partial charge in [0.05, 0.1) is 13.2 Å². The zero-order valence-electron chi connectivity index (χ0n) is 10.1. The van der Waals surface area contributed by atoms with Crippen LogP contribution in [0.4, 0.5) is 4.79 Å². The van der Waals surface area contributed by atoms with E-state index in [4.69, 9.17) is 14.2 Å². The van der Waals surface area contributed by atoms with Gasteiger partial charge < -0.3 is 14.2 Å². The standard InChI is InChI=1S/C14H16O4/c1-2-12-13(18-14(15)17-12)8-9-16-10-11-6-4-3-5-7-11/h2-7,12-13H,1,8-10H2. The highest BCUT2D eigenvalue weighted by molar-refractivity contribution is 5.62. The molecule has 1 aliphatic heterocycles. The van der Waals surface area contributed by atoms with E-state index in [2.05, 4.69) is 6.58 Å². The van der Waals surface area contributed by atoms with Crippen LogP contribution in [0.25, 0.3) is 0 Å². The summed E-state index contributed by atoms with van der Waals surface area (Å²) < 4.78 is 15.4. The summed E-state index contributed by atoms with van der Waals surface area (Å²) in [6.45, 7) is 4.68. The molecule has 0 bridgehead atoms. The van der Waals surface area contributed by atoms with Crippen molar-refractivity contribution in [1.82, 2.24) is 0 Å². The third-order valence-electron chi connectivity index (χ3n) is 2.74. The van der Waals surface area contributed by atoms with Crippen molar-refractivity contribution in [1.29, 1.82) is 0 Å². The molecule has 1 aliphatic rings. The average Bonchev–Trinajstić information content (AvgIpc) is 2.76. The van der Waals surface area contributed by atoms with Crippen molar-refractivity contribution in [2.75, 3.05) is 6.61 Å². The Morgan fingerprint density at radius 3 is 2.78 bits per heavy atom. The minimum absolute atomic E-state index is 0.286. The largest absolute Gasteiger partial charge is 0.509 e. The number of hydrogen-bond donors (Lipinski definition) is 0. The summed E-state index contributed by atoms with van der Waals surface area (Å²) in [4.78, 5) is 10.9. The highest BCUT2D eigenvalue weighted by Crippen LogP contribution is 2.19. The third kappa shape index (κ3) is 3.34. The highest BCUT2D eigenvalue weighted by Gasteiger charge is 2.33. The lowest BCUT2D eigenvalue weighted by molar-refractivity contribution is 0.0725. The second-order valence-corrected chi connectivity index (χ2v) is 4.05. The van der Waals surface area contributed by atoms with Gasteiger partial charge in [-0.05, 0) is 11.6 Å². The van der Waals surface area contributed by atoms with E-state index in [1.807, 2.05) is 30.3 Å². The molecule has 1 aromatic carbocycles. The van der Waals surface area contributed by atoms with Gasteiger partial charge in [-0.2, -0.15) is 0 Å². The summed E-state index contributed by atoms with van der Waals surface area (Å²) in [6, 6.07) is 9.92. The molecule has 2 atom stereocenters. The van der Waals surface area contributed by atoms with Gasteiger partial charge in [-0.25, -0.2) is 4.79 Å². The Morgan fingerprint density at radius 1 is 1.28 bits per heavy atom. The van der Waals surface area contributed by atoms with Gasteiger partial charge in [0.15, 0.2) is 6.10 Å². The monoisotopic (exact) mass is 248 g/mol. The van der Waals surface area contributed by atoms with Crippen LogP contribution in [0.5, 0.6) is 0 Å². The van der Waals surface area contributed by atoms with E-state index in [9.17, 15) is 4.79 Å². The van der Waals surface area contributed by atoms with Crippen LogP contribution in [0.15, 0.2) is 43.0 Å². The van der Waals surface area contributed by atoms with E-state index >= 15 is 0 Å². The van der Waals surface area contributed by atoms with E-state index in [0.29, 0.717) is 19.6 Å². The van der Waals surface area contributed by atoms with Gasteiger partial charge in [-0.1, -0.05) is 36.9 Å².